The van der Waals surface area contributed by atoms with Crippen molar-refractivity contribution < 1.29 is 20.1 Å². The van der Waals surface area contributed by atoms with Crippen molar-refractivity contribution in [1.82, 2.24) is 9.55 Å². The highest BCUT2D eigenvalue weighted by atomic mass is 16.5. The highest BCUT2D eigenvalue weighted by molar-refractivity contribution is 5.03. The Balaban J connectivity index is 2.35. The summed E-state index contributed by atoms with van der Waals surface area (Å²) in [4.78, 5) is 24.9. The number of aromatic amines is 1. The lowest BCUT2D eigenvalue weighted by atomic mass is 10.2. The van der Waals surface area contributed by atoms with E-state index in [0.29, 0.717) is 0 Å². The molecule has 1 aromatic rings. The van der Waals surface area contributed by atoms with Crippen molar-refractivity contribution in [2.24, 2.45) is 0 Å². The largest absolute Gasteiger partial charge is 0.394 e. The second-order valence-electron chi connectivity index (χ2n) is 4.09. The highest BCUT2D eigenvalue weighted by Crippen LogP contribution is 2.27. The van der Waals surface area contributed by atoms with Crippen LogP contribution in [0.15, 0.2) is 15.8 Å². The molecule has 0 spiro atoms. The van der Waals surface area contributed by atoms with E-state index in [1.165, 1.54) is 6.20 Å². The van der Waals surface area contributed by atoms with E-state index in [2.05, 4.69) is 4.98 Å². The molecule has 3 atom stereocenters. The summed E-state index contributed by atoms with van der Waals surface area (Å²) in [6, 6.07) is 0. The molecule has 0 saturated carbocycles. The number of ether oxygens (including phenoxy) is 1. The summed E-state index contributed by atoms with van der Waals surface area (Å²) in [6.45, 7) is -0.864. The SMILES string of the molecule is O=c1[nH]c(=O)n([C@H]2C[C@@H](O)[C@@H](CO)O2)cc1CO. The van der Waals surface area contributed by atoms with Crippen molar-refractivity contribution in [3.05, 3.63) is 32.6 Å². The fourth-order valence-electron chi connectivity index (χ4n) is 1.90. The maximum absolute atomic E-state index is 11.6. The zero-order valence-corrected chi connectivity index (χ0v) is 9.44. The minimum atomic E-state index is -0.878. The third-order valence-corrected chi connectivity index (χ3v) is 2.91. The van der Waals surface area contributed by atoms with Gasteiger partial charge in [-0.2, -0.15) is 0 Å². The summed E-state index contributed by atoms with van der Waals surface area (Å²) in [5, 5.41) is 27.5. The fraction of sp³-hybridized carbons (Fsp3) is 0.600. The average Bonchev–Trinajstić information content (AvgIpc) is 2.70. The summed E-state index contributed by atoms with van der Waals surface area (Å²) in [7, 11) is 0. The molecule has 0 aliphatic carbocycles. The fourth-order valence-corrected chi connectivity index (χ4v) is 1.90. The zero-order valence-electron chi connectivity index (χ0n) is 9.44. The Morgan fingerprint density at radius 1 is 1.44 bits per heavy atom. The summed E-state index contributed by atoms with van der Waals surface area (Å²) in [5.41, 5.74) is -1.32. The van der Waals surface area contributed by atoms with Gasteiger partial charge in [-0.3, -0.25) is 14.3 Å². The Morgan fingerprint density at radius 2 is 2.17 bits per heavy atom. The molecule has 18 heavy (non-hydrogen) atoms. The molecule has 1 fully saturated rings. The van der Waals surface area contributed by atoms with Gasteiger partial charge in [-0.1, -0.05) is 0 Å². The van der Waals surface area contributed by atoms with Crippen LogP contribution in [0.5, 0.6) is 0 Å². The van der Waals surface area contributed by atoms with Crippen LogP contribution in [0.2, 0.25) is 0 Å². The van der Waals surface area contributed by atoms with Crippen LogP contribution in [0.1, 0.15) is 18.2 Å². The molecule has 0 bridgehead atoms. The molecule has 8 nitrogen and oxygen atoms in total. The first-order valence-electron chi connectivity index (χ1n) is 5.46. The molecular weight excluding hydrogens is 244 g/mol. The predicted octanol–water partition coefficient (Wildman–Crippen LogP) is -2.33. The Morgan fingerprint density at radius 3 is 2.72 bits per heavy atom. The van der Waals surface area contributed by atoms with Crippen LogP contribution in [0, 0.1) is 0 Å². The van der Waals surface area contributed by atoms with Crippen LogP contribution in [0.25, 0.3) is 0 Å². The molecule has 4 N–H and O–H groups in total. The maximum Gasteiger partial charge on any atom is 0.330 e. The molecule has 2 rings (SSSR count). The lowest BCUT2D eigenvalue weighted by Gasteiger charge is -2.14. The third kappa shape index (κ3) is 2.23. The van der Waals surface area contributed by atoms with Crippen LogP contribution >= 0.6 is 0 Å². The summed E-state index contributed by atoms with van der Waals surface area (Å²) in [6.07, 6.45) is -1.09. The predicted molar refractivity (Wildman–Crippen MR) is 58.9 cm³/mol. The van der Waals surface area contributed by atoms with E-state index in [9.17, 15) is 14.7 Å². The Hall–Kier alpha value is -1.48. The van der Waals surface area contributed by atoms with Gasteiger partial charge in [0.1, 0.15) is 12.3 Å². The number of H-pyrrole nitrogens is 1. The van der Waals surface area contributed by atoms with Crippen molar-refractivity contribution in [3.8, 4) is 0 Å². The minimum absolute atomic E-state index is 0.0279. The smallest absolute Gasteiger partial charge is 0.330 e. The second-order valence-corrected chi connectivity index (χ2v) is 4.09. The highest BCUT2D eigenvalue weighted by Gasteiger charge is 2.35. The number of aliphatic hydroxyl groups excluding tert-OH is 3. The molecule has 8 heteroatoms. The molecule has 0 aromatic carbocycles. The first kappa shape index (κ1) is 13.0. The Labute approximate surface area is 101 Å². The van der Waals surface area contributed by atoms with Crippen LogP contribution in [-0.2, 0) is 11.3 Å². The van der Waals surface area contributed by atoms with E-state index in [-0.39, 0.29) is 18.6 Å². The molecule has 1 saturated heterocycles. The number of hydrogen-bond donors (Lipinski definition) is 4. The first-order chi connectivity index (χ1) is 8.56. The van der Waals surface area contributed by atoms with E-state index >= 15 is 0 Å². The van der Waals surface area contributed by atoms with E-state index in [1.807, 2.05) is 0 Å². The van der Waals surface area contributed by atoms with Gasteiger partial charge in [-0.25, -0.2) is 4.79 Å². The Kier molecular flexibility index (Phi) is 3.62. The molecule has 100 valence electrons. The van der Waals surface area contributed by atoms with Crippen LogP contribution in [0.4, 0.5) is 0 Å². The van der Waals surface area contributed by atoms with Crippen molar-refractivity contribution in [2.45, 2.75) is 31.5 Å². The molecule has 1 aromatic heterocycles. The van der Waals surface area contributed by atoms with Crippen molar-refractivity contribution >= 4 is 0 Å². The molecule has 0 radical (unpaired) electrons. The molecular formula is C10H14N2O6. The van der Waals surface area contributed by atoms with Gasteiger partial charge in [-0.05, 0) is 0 Å². The third-order valence-electron chi connectivity index (χ3n) is 2.91. The van der Waals surface area contributed by atoms with E-state index < -0.39 is 36.3 Å². The monoisotopic (exact) mass is 258 g/mol. The van der Waals surface area contributed by atoms with Gasteiger partial charge in [0.15, 0.2) is 0 Å². The molecule has 2 heterocycles. The molecule has 0 unspecified atom stereocenters. The number of rotatable bonds is 3. The quantitative estimate of drug-likeness (QED) is 0.482. The van der Waals surface area contributed by atoms with Gasteiger partial charge in [0.05, 0.1) is 24.9 Å². The average molecular weight is 258 g/mol. The zero-order chi connectivity index (χ0) is 13.3. The standard InChI is InChI=1S/C10H14N2O6/c13-3-5-2-12(10(17)11-9(5)16)8-1-6(15)7(4-14)18-8/h2,6-8,13-15H,1,3-4H2,(H,11,16,17)/t6-,7-,8-/m1/s1. The van der Waals surface area contributed by atoms with E-state index in [4.69, 9.17) is 14.9 Å². The lowest BCUT2D eigenvalue weighted by molar-refractivity contribution is -0.0460. The normalized spacial score (nSPS) is 27.6. The number of nitrogens with zero attached hydrogens (tertiary/aromatic N) is 1. The number of aromatic nitrogens is 2. The number of aliphatic hydroxyl groups is 3. The van der Waals surface area contributed by atoms with Crippen LogP contribution < -0.4 is 11.2 Å². The number of nitrogens with one attached hydrogen (secondary N) is 1. The summed E-state index contributed by atoms with van der Waals surface area (Å²) in [5.74, 6) is 0. The minimum Gasteiger partial charge on any atom is -0.394 e. The lowest BCUT2D eigenvalue weighted by Crippen LogP contribution is -2.34. The van der Waals surface area contributed by atoms with E-state index in [1.54, 1.807) is 0 Å². The number of hydrogen-bond acceptors (Lipinski definition) is 6. The van der Waals surface area contributed by atoms with Gasteiger partial charge in [-0.15, -0.1) is 0 Å². The summed E-state index contributed by atoms with van der Waals surface area (Å²) < 4.78 is 6.38. The Bertz CT molecular complexity index is 536. The van der Waals surface area contributed by atoms with Gasteiger partial charge in [0.2, 0.25) is 0 Å². The van der Waals surface area contributed by atoms with Crippen molar-refractivity contribution in [3.63, 3.8) is 0 Å². The van der Waals surface area contributed by atoms with Crippen molar-refractivity contribution in [2.75, 3.05) is 6.61 Å². The second kappa shape index (κ2) is 5.02. The van der Waals surface area contributed by atoms with Gasteiger partial charge >= 0.3 is 5.69 Å². The van der Waals surface area contributed by atoms with Gasteiger partial charge in [0.25, 0.3) is 5.56 Å². The summed E-state index contributed by atoms with van der Waals surface area (Å²) >= 11 is 0. The molecule has 1 aliphatic rings. The topological polar surface area (TPSA) is 125 Å². The van der Waals surface area contributed by atoms with Crippen LogP contribution in [0.3, 0.4) is 0 Å². The van der Waals surface area contributed by atoms with Gasteiger partial charge < -0.3 is 20.1 Å². The van der Waals surface area contributed by atoms with Crippen molar-refractivity contribution in [1.29, 1.82) is 0 Å². The molecule has 0 amide bonds. The van der Waals surface area contributed by atoms with Gasteiger partial charge in [0, 0.05) is 12.6 Å². The maximum atomic E-state index is 11.6. The van der Waals surface area contributed by atoms with Crippen LogP contribution in [-0.4, -0.2) is 43.7 Å². The first-order valence-corrected chi connectivity index (χ1v) is 5.46. The van der Waals surface area contributed by atoms with E-state index in [0.717, 1.165) is 4.57 Å². The molecule has 1 aliphatic heterocycles.